The number of alkyl halides is 3. The van der Waals surface area contributed by atoms with Gasteiger partial charge in [0.15, 0.2) is 0 Å². The molecule has 10 N–H and O–H groups in total. The summed E-state index contributed by atoms with van der Waals surface area (Å²) in [5.74, 6) is -8.94. The van der Waals surface area contributed by atoms with E-state index in [4.69, 9.17) is 38.3 Å². The van der Waals surface area contributed by atoms with Crippen LogP contribution in [0.5, 0.6) is 0 Å². The van der Waals surface area contributed by atoms with Gasteiger partial charge in [-0.2, -0.15) is 13.2 Å². The number of methoxy groups -OCH3 is 5. The minimum atomic E-state index is -5.17. The normalized spacial score (nSPS) is 21.8. The van der Waals surface area contributed by atoms with Crippen molar-refractivity contribution >= 4 is 102 Å². The first-order valence-electron chi connectivity index (χ1n) is 38.8. The van der Waals surface area contributed by atoms with E-state index in [2.05, 4.69) is 56.7 Å². The van der Waals surface area contributed by atoms with Crippen LogP contribution >= 0.6 is 0 Å². The molecule has 0 saturated carbocycles. The van der Waals surface area contributed by atoms with Crippen molar-refractivity contribution in [2.45, 2.75) is 255 Å². The summed E-state index contributed by atoms with van der Waals surface area (Å²) < 4.78 is 86.2. The first-order chi connectivity index (χ1) is 56.7. The van der Waals surface area contributed by atoms with Crippen molar-refractivity contribution in [2.24, 2.45) is 0 Å². The van der Waals surface area contributed by atoms with Gasteiger partial charge in [0.05, 0.1) is 48.6 Å². The maximum Gasteiger partial charge on any atom is 0.471 e. The lowest BCUT2D eigenvalue weighted by Crippen LogP contribution is -2.61. The zero-order valence-corrected chi connectivity index (χ0v) is 70.4. The minimum Gasteiger partial charge on any atom is -0.480 e. The van der Waals surface area contributed by atoms with Crippen LogP contribution in [-0.2, 0) is 118 Å². The summed E-state index contributed by atoms with van der Waals surface area (Å²) in [7, 11) is 6.30. The molecule has 6 saturated heterocycles. The average Bonchev–Trinajstić information content (AvgIpc) is 1.69. The lowest BCUT2D eigenvalue weighted by molar-refractivity contribution is -0.175. The maximum atomic E-state index is 13.5. The Balaban J connectivity index is 0.000000325. The van der Waals surface area contributed by atoms with Gasteiger partial charge >= 0.3 is 78.4 Å². The van der Waals surface area contributed by atoms with Gasteiger partial charge in [-0.05, 0) is 157 Å². The van der Waals surface area contributed by atoms with Crippen molar-refractivity contribution in [3.8, 4) is 0 Å². The number of nitrogens with one attached hydrogen (secondary N) is 9. The number of amides is 11. The Kier molecular flexibility index (Phi) is 40.1. The van der Waals surface area contributed by atoms with Crippen molar-refractivity contribution in [2.75, 3.05) is 61.7 Å². The molecule has 6 aliphatic heterocycles. The molecule has 0 spiro atoms. The van der Waals surface area contributed by atoms with Gasteiger partial charge in [-0.3, -0.25) is 43.7 Å². The predicted octanol–water partition coefficient (Wildman–Crippen LogP) is 3.50. The van der Waals surface area contributed by atoms with Gasteiger partial charge in [0.1, 0.15) is 96.5 Å². The number of halogens is 3. The molecule has 0 aliphatic carbocycles. The Hall–Kier alpha value is -11.8. The Bertz CT molecular complexity index is 3880. The number of hydrogen-bond donors (Lipinski definition) is 10. The van der Waals surface area contributed by atoms with Crippen molar-refractivity contribution in [1.29, 1.82) is 0 Å². The maximum absolute atomic E-state index is 13.5. The van der Waals surface area contributed by atoms with Crippen LogP contribution in [0.3, 0.4) is 0 Å². The third-order valence-electron chi connectivity index (χ3n) is 18.4. The van der Waals surface area contributed by atoms with Crippen LogP contribution in [-0.4, -0.2) is 279 Å². The quantitative estimate of drug-likeness (QED) is 0.0710. The van der Waals surface area contributed by atoms with Gasteiger partial charge in [-0.25, -0.2) is 43.2 Å². The molecule has 0 unspecified atom stereocenters. The highest BCUT2D eigenvalue weighted by Crippen LogP contribution is 2.30. The first-order valence-corrected chi connectivity index (χ1v) is 38.8. The van der Waals surface area contributed by atoms with E-state index >= 15 is 0 Å². The number of nitrogens with zero attached hydrogens (tertiary/aromatic N) is 3. The van der Waals surface area contributed by atoms with Crippen LogP contribution in [0.2, 0.25) is 0 Å². The SMILES string of the molecule is CC(C)(C)OC(=O)N[C@@H](CNC(=O)OCc1ccccc1)C(=O)O.COC(=O)[C@@H]1CCC[C@@H]2C(=O)NC[C@H](NC(=O)C(F)(F)F)C(=O)N21.COC(=O)[C@@H]1CCC[C@@H]2C(=O)NC[C@H](NC(=O)OC(C)(C)C)C(=O)N21.COC(=O)[C@@H]1CCC[C@H](C(=O)OC)N1.COC(=O)[C@@H]1CCC[C@H](C)N1C(=O)[C@H](CNC(=O)OCc1ccccc1)NC(=O)OC(C)(C)C. The molecule has 0 aromatic heterocycles. The van der Waals surface area contributed by atoms with E-state index in [0.29, 0.717) is 51.4 Å². The molecule has 2 aromatic rings. The van der Waals surface area contributed by atoms with Crippen LogP contribution in [0, 0.1) is 0 Å². The molecule has 6 heterocycles. The number of fused-ring (bicyclic) bond motifs is 2. The lowest BCUT2D eigenvalue weighted by atomic mass is 9.94. The van der Waals surface area contributed by atoms with Gasteiger partial charge < -0.3 is 110 Å². The van der Waals surface area contributed by atoms with Crippen LogP contribution in [0.15, 0.2) is 60.7 Å². The molecule has 6 aliphatic rings. The molecule has 11 amide bonds. The molecule has 12 atom stereocenters. The highest BCUT2D eigenvalue weighted by molar-refractivity contribution is 5.99. The Morgan fingerprint density at radius 2 is 0.818 bits per heavy atom. The first kappa shape index (κ1) is 102. The van der Waals surface area contributed by atoms with E-state index in [1.807, 2.05) is 55.5 Å². The number of benzene rings is 2. The number of ether oxygens (including phenoxy) is 10. The van der Waals surface area contributed by atoms with E-state index in [1.165, 1.54) is 38.2 Å². The van der Waals surface area contributed by atoms with Crippen molar-refractivity contribution in [3.05, 3.63) is 71.8 Å². The largest absolute Gasteiger partial charge is 0.480 e. The molecule has 40 nitrogen and oxygen atoms in total. The van der Waals surface area contributed by atoms with Gasteiger partial charge in [0.2, 0.25) is 29.5 Å². The number of carboxylic acids is 1. The number of alkyl carbamates (subject to hydrolysis) is 5. The second-order valence-corrected chi connectivity index (χ2v) is 31.1. The second kappa shape index (κ2) is 47.8. The molecule has 8 rings (SSSR count). The minimum absolute atomic E-state index is 0.0539. The standard InChI is InChI=1S/C24H35N3O7.C16H25N3O6.C16H22N2O6.C13H16F3N3O5.C9H15NO4/c1-16-10-9-13-19(21(29)32-5)27(16)20(28)18(26-23(31)34-24(2,3)4)14-25-22(30)33-15-17-11-7-6-8-12-17;1-16(2,3)25-15(23)18-9-8-17-12(20)10-6-5-7-11(14(22)24-4)19(10)13(9)21;1-16(2,3)24-15(22)18-12(13(19)20)9-17-14(21)23-10-11-7-5-4-6-8-11;1-24-11(22)8-4-2-3-7-9(20)17-5-6(10(21)19(7)8)18-12(23)13(14,15)16;1-13-8(11)6-4-3-5-7(10-6)9(12)14-2/h6-8,11-12,16,18-19H,9-10,13-15H2,1-5H3,(H,25,30)(H,26,31);9-11H,5-8H2,1-4H3,(H,17,20)(H,18,23);4-8,12H,9-10H2,1-3H3,(H,17,21)(H,18,22)(H,19,20);6-8H,2-5H2,1H3,(H,17,20)(H,18,23);6-7,10H,3-5H2,1-2H3/t16-,18-,19-;9-,10+,11-;12-;6-,7+,8-;6-,7+/m0000./s1. The van der Waals surface area contributed by atoms with Crippen molar-refractivity contribution in [1.82, 2.24) is 62.6 Å². The van der Waals surface area contributed by atoms with Crippen molar-refractivity contribution < 1.29 is 147 Å². The second-order valence-electron chi connectivity index (χ2n) is 31.1. The fourth-order valence-electron chi connectivity index (χ4n) is 12.9. The number of carbonyl (C=O) groups excluding carboxylic acids is 16. The molecular formula is C78H113F3N12O28. The smallest absolute Gasteiger partial charge is 0.471 e. The summed E-state index contributed by atoms with van der Waals surface area (Å²) in [6, 6.07) is 7.64. The van der Waals surface area contributed by atoms with E-state index in [0.717, 1.165) is 36.0 Å². The summed E-state index contributed by atoms with van der Waals surface area (Å²) in [5.41, 5.74) is -0.653. The predicted molar refractivity (Wildman–Crippen MR) is 416 cm³/mol. The third-order valence-corrected chi connectivity index (χ3v) is 18.4. The summed E-state index contributed by atoms with van der Waals surface area (Å²) in [5, 5.41) is 30.5. The summed E-state index contributed by atoms with van der Waals surface area (Å²) in [6.07, 6.45) is -2.51. The van der Waals surface area contributed by atoms with Gasteiger partial charge in [-0.15, -0.1) is 0 Å². The molecule has 674 valence electrons. The number of esters is 5. The van der Waals surface area contributed by atoms with Gasteiger partial charge in [0, 0.05) is 19.1 Å². The molecule has 2 aromatic carbocycles. The highest BCUT2D eigenvalue weighted by Gasteiger charge is 2.50. The molecular weight excluding hydrogens is 1610 g/mol. The Labute approximate surface area is 697 Å². The van der Waals surface area contributed by atoms with Crippen LogP contribution in [0.1, 0.15) is 157 Å². The summed E-state index contributed by atoms with van der Waals surface area (Å²) >= 11 is 0. The zero-order chi connectivity index (χ0) is 90.9. The number of carboxylic acid groups (broad SMARTS) is 1. The fourth-order valence-corrected chi connectivity index (χ4v) is 12.9. The topological polar surface area (TPSA) is 521 Å². The lowest BCUT2D eigenvalue weighted by Gasteiger charge is -2.40. The van der Waals surface area contributed by atoms with E-state index < -0.39 is 168 Å². The monoisotopic (exact) mass is 1720 g/mol. The zero-order valence-electron chi connectivity index (χ0n) is 70.4. The van der Waals surface area contributed by atoms with Crippen LogP contribution in [0.4, 0.5) is 37.1 Å². The van der Waals surface area contributed by atoms with E-state index in [-0.39, 0.29) is 81.7 Å². The number of likely N-dealkylation sites (tertiary alicyclic amines) is 1. The average molecular weight is 1720 g/mol. The fraction of sp³-hybridized carbons (Fsp3) is 0.628. The summed E-state index contributed by atoms with van der Waals surface area (Å²) in [6.45, 7) is 16.0. The highest BCUT2D eigenvalue weighted by atomic mass is 19.4. The van der Waals surface area contributed by atoms with E-state index in [9.17, 15) is 94.7 Å². The number of carbonyl (C=O) groups is 17. The molecule has 43 heteroatoms. The molecule has 0 bridgehead atoms. The number of rotatable bonds is 19. The Morgan fingerprint density at radius 3 is 1.21 bits per heavy atom. The van der Waals surface area contributed by atoms with Gasteiger partial charge in [-0.1, -0.05) is 60.7 Å². The van der Waals surface area contributed by atoms with Crippen LogP contribution in [0.25, 0.3) is 0 Å². The molecule has 0 radical (unpaired) electrons. The number of hydrogen-bond acceptors (Lipinski definition) is 28. The number of piperidine rings is 4. The summed E-state index contributed by atoms with van der Waals surface area (Å²) in [4.78, 5) is 208. The molecule has 121 heavy (non-hydrogen) atoms. The third kappa shape index (κ3) is 34.1. The molecule has 6 fully saturated rings. The Morgan fingerprint density at radius 1 is 0.463 bits per heavy atom. The van der Waals surface area contributed by atoms with Crippen molar-refractivity contribution in [3.63, 3.8) is 0 Å². The number of aliphatic carboxylic acids is 1. The van der Waals surface area contributed by atoms with E-state index in [1.54, 1.807) is 79.8 Å². The van der Waals surface area contributed by atoms with Gasteiger partial charge in [0.25, 0.3) is 0 Å². The van der Waals surface area contributed by atoms with Crippen LogP contribution < -0.4 is 47.9 Å².